The third-order valence-corrected chi connectivity index (χ3v) is 4.24. The Bertz CT molecular complexity index is 887. The van der Waals surface area contributed by atoms with E-state index < -0.39 is 42.5 Å². The van der Waals surface area contributed by atoms with Crippen LogP contribution in [0.25, 0.3) is 0 Å². The summed E-state index contributed by atoms with van der Waals surface area (Å²) in [5.74, 6) is 1.02. The Hall–Kier alpha value is -3.58. The number of benzene rings is 1. The fourth-order valence-corrected chi connectivity index (χ4v) is 3.05. The zero-order chi connectivity index (χ0) is 23.7. The Morgan fingerprint density at radius 1 is 1.16 bits per heavy atom. The molecule has 32 heavy (non-hydrogen) atoms. The van der Waals surface area contributed by atoms with E-state index in [1.54, 1.807) is 0 Å². The molecule has 0 spiro atoms. The smallest absolute Gasteiger partial charge is 0.303 e. The van der Waals surface area contributed by atoms with Crippen LogP contribution < -0.4 is 9.47 Å². The Morgan fingerprint density at radius 3 is 2.47 bits per heavy atom. The summed E-state index contributed by atoms with van der Waals surface area (Å²) in [5, 5.41) is 0. The lowest BCUT2D eigenvalue weighted by Crippen LogP contribution is -2.54. The van der Waals surface area contributed by atoms with Crippen LogP contribution in [0.15, 0.2) is 18.2 Å². The van der Waals surface area contributed by atoms with Crippen LogP contribution in [-0.4, -0.2) is 62.0 Å². The Kier molecular flexibility index (Phi) is 9.04. The molecular weight excluding hydrogens is 424 g/mol. The van der Waals surface area contributed by atoms with Crippen molar-refractivity contribution in [2.45, 2.75) is 51.8 Å². The first-order valence-corrected chi connectivity index (χ1v) is 9.68. The van der Waals surface area contributed by atoms with Crippen molar-refractivity contribution < 1.29 is 47.6 Å². The molecule has 0 bridgehead atoms. The van der Waals surface area contributed by atoms with E-state index in [1.165, 1.54) is 39.0 Å². The van der Waals surface area contributed by atoms with Gasteiger partial charge in [0.2, 0.25) is 6.29 Å². The van der Waals surface area contributed by atoms with Gasteiger partial charge in [-0.05, 0) is 12.1 Å². The second-order valence-electron chi connectivity index (χ2n) is 6.79. The number of aldehydes is 1. The van der Waals surface area contributed by atoms with Crippen molar-refractivity contribution in [3.05, 3.63) is 23.8 Å². The second-order valence-corrected chi connectivity index (χ2v) is 6.79. The summed E-state index contributed by atoms with van der Waals surface area (Å²) in [6.45, 7) is 3.32. The second kappa shape index (κ2) is 11.7. The summed E-state index contributed by atoms with van der Waals surface area (Å²) in [5.41, 5.74) is 0.276. The van der Waals surface area contributed by atoms with Crippen LogP contribution in [0, 0.1) is 12.3 Å². The van der Waals surface area contributed by atoms with Crippen molar-refractivity contribution in [1.82, 2.24) is 0 Å². The van der Waals surface area contributed by atoms with Crippen LogP contribution in [0.3, 0.4) is 0 Å². The summed E-state index contributed by atoms with van der Waals surface area (Å²) in [6, 6.07) is 4.47. The van der Waals surface area contributed by atoms with Gasteiger partial charge in [-0.15, -0.1) is 6.42 Å². The van der Waals surface area contributed by atoms with Crippen LogP contribution >= 0.6 is 0 Å². The zero-order valence-electron chi connectivity index (χ0n) is 17.9. The average Bonchev–Trinajstić information content (AvgIpc) is 2.72. The van der Waals surface area contributed by atoms with E-state index in [1.807, 2.05) is 0 Å². The van der Waals surface area contributed by atoms with E-state index in [0.29, 0.717) is 6.29 Å². The predicted molar refractivity (Wildman–Crippen MR) is 108 cm³/mol. The fraction of sp³-hybridized carbons (Fsp3) is 0.455. The van der Waals surface area contributed by atoms with Gasteiger partial charge in [-0.3, -0.25) is 19.2 Å². The molecule has 1 aliphatic heterocycles. The van der Waals surface area contributed by atoms with E-state index in [-0.39, 0.29) is 36.7 Å². The first kappa shape index (κ1) is 24.7. The minimum atomic E-state index is -1.01. The summed E-state index contributed by atoms with van der Waals surface area (Å²) >= 11 is 0. The number of carbonyl (C=O) groups excluding carboxylic acids is 4. The lowest BCUT2D eigenvalue weighted by atomic mass is 10.0. The number of esters is 3. The quantitative estimate of drug-likeness (QED) is 0.237. The van der Waals surface area contributed by atoms with E-state index in [2.05, 4.69) is 5.92 Å². The maximum absolute atomic E-state index is 11.6. The molecule has 10 heteroatoms. The van der Waals surface area contributed by atoms with Gasteiger partial charge in [0.1, 0.15) is 36.9 Å². The molecule has 1 saturated heterocycles. The van der Waals surface area contributed by atoms with E-state index in [4.69, 9.17) is 34.8 Å². The number of rotatable bonds is 9. The maximum Gasteiger partial charge on any atom is 0.303 e. The van der Waals surface area contributed by atoms with Gasteiger partial charge >= 0.3 is 17.9 Å². The summed E-state index contributed by atoms with van der Waals surface area (Å²) < 4.78 is 32.6. The fourth-order valence-electron chi connectivity index (χ4n) is 3.05. The van der Waals surface area contributed by atoms with Crippen molar-refractivity contribution in [3.8, 4) is 23.8 Å². The van der Waals surface area contributed by atoms with Gasteiger partial charge in [-0.1, -0.05) is 5.92 Å². The first-order valence-electron chi connectivity index (χ1n) is 9.68. The molecule has 0 aliphatic carbocycles. The topological polar surface area (TPSA) is 124 Å². The van der Waals surface area contributed by atoms with Crippen molar-refractivity contribution in [2.75, 3.05) is 13.2 Å². The number of carbonyl (C=O) groups is 4. The maximum atomic E-state index is 11.6. The molecule has 0 aromatic heterocycles. The molecule has 1 aliphatic rings. The van der Waals surface area contributed by atoms with Gasteiger partial charge in [0.05, 0.1) is 12.0 Å². The SMILES string of the molecule is C#CCOc1cc(O[C@H]2C[C@@H](OC(C)=O)[C@H](OC(C)=O)[C@@H](COC(C)=O)O2)ccc1C=O. The third kappa shape index (κ3) is 7.28. The highest BCUT2D eigenvalue weighted by Crippen LogP contribution is 2.30. The molecule has 1 heterocycles. The Morgan fingerprint density at radius 2 is 1.88 bits per heavy atom. The lowest BCUT2D eigenvalue weighted by molar-refractivity contribution is -0.245. The van der Waals surface area contributed by atoms with Crippen LogP contribution in [-0.2, 0) is 33.3 Å². The van der Waals surface area contributed by atoms with Crippen molar-refractivity contribution >= 4 is 24.2 Å². The molecule has 0 radical (unpaired) electrons. The van der Waals surface area contributed by atoms with Crippen molar-refractivity contribution in [2.24, 2.45) is 0 Å². The average molecular weight is 448 g/mol. The Balaban J connectivity index is 2.26. The highest BCUT2D eigenvalue weighted by atomic mass is 16.7. The predicted octanol–water partition coefficient (Wildman–Crippen LogP) is 1.43. The zero-order valence-corrected chi connectivity index (χ0v) is 17.9. The molecular formula is C22H24O10. The molecule has 0 saturated carbocycles. The van der Waals surface area contributed by atoms with E-state index in [0.717, 1.165) is 0 Å². The highest BCUT2D eigenvalue weighted by Gasteiger charge is 2.44. The molecule has 1 aromatic carbocycles. The molecule has 4 atom stereocenters. The highest BCUT2D eigenvalue weighted by molar-refractivity contribution is 5.79. The first-order chi connectivity index (χ1) is 15.2. The minimum absolute atomic E-state index is 0.0179. The third-order valence-electron chi connectivity index (χ3n) is 4.24. The molecule has 10 nitrogen and oxygen atoms in total. The van der Waals surface area contributed by atoms with Gasteiger partial charge in [-0.2, -0.15) is 0 Å². The summed E-state index contributed by atoms with van der Waals surface area (Å²) in [6.07, 6.45) is 1.98. The number of terminal acetylenes is 1. The van der Waals surface area contributed by atoms with Gasteiger partial charge in [-0.25, -0.2) is 0 Å². The van der Waals surface area contributed by atoms with Crippen molar-refractivity contribution in [3.63, 3.8) is 0 Å². The van der Waals surface area contributed by atoms with Crippen LogP contribution in [0.4, 0.5) is 0 Å². The van der Waals surface area contributed by atoms with Gasteiger partial charge in [0, 0.05) is 26.8 Å². The van der Waals surface area contributed by atoms with Crippen molar-refractivity contribution in [1.29, 1.82) is 0 Å². The summed E-state index contributed by atoms with van der Waals surface area (Å²) in [4.78, 5) is 45.6. The minimum Gasteiger partial charge on any atom is -0.480 e. The molecule has 0 N–H and O–H groups in total. The van der Waals surface area contributed by atoms with Gasteiger partial charge in [0.15, 0.2) is 12.4 Å². The largest absolute Gasteiger partial charge is 0.480 e. The standard InChI is InChI=1S/C22H24O10/c1-5-8-27-18-9-17(7-6-16(18)11-23)31-21-10-19(29-14(3)25)22(30-15(4)26)20(32-21)12-28-13(2)24/h1,6-7,9,11,19-22H,8,10,12H2,2-4H3/t19-,20-,21-,22+/m1/s1. The number of hydrogen-bond donors (Lipinski definition) is 0. The van der Waals surface area contributed by atoms with Crippen LogP contribution in [0.2, 0.25) is 0 Å². The normalized spacial score (nSPS) is 22.1. The van der Waals surface area contributed by atoms with Gasteiger partial charge < -0.3 is 28.4 Å². The molecule has 1 aromatic rings. The lowest BCUT2D eigenvalue weighted by Gasteiger charge is -2.39. The number of hydrogen-bond acceptors (Lipinski definition) is 10. The molecule has 1 fully saturated rings. The van der Waals surface area contributed by atoms with Crippen LogP contribution in [0.1, 0.15) is 37.6 Å². The molecule has 172 valence electrons. The monoisotopic (exact) mass is 448 g/mol. The molecule has 0 unspecified atom stereocenters. The van der Waals surface area contributed by atoms with E-state index >= 15 is 0 Å². The van der Waals surface area contributed by atoms with Gasteiger partial charge in [0.25, 0.3) is 0 Å². The molecule has 0 amide bonds. The molecule has 2 rings (SSSR count). The number of ether oxygens (including phenoxy) is 6. The van der Waals surface area contributed by atoms with Crippen LogP contribution in [0.5, 0.6) is 11.5 Å². The Labute approximate surface area is 185 Å². The summed E-state index contributed by atoms with van der Waals surface area (Å²) in [7, 11) is 0. The van der Waals surface area contributed by atoms with E-state index in [9.17, 15) is 19.2 Å².